The zero-order valence-corrected chi connectivity index (χ0v) is 14.2. The molecule has 0 aliphatic heterocycles. The van der Waals surface area contributed by atoms with E-state index in [-0.39, 0.29) is 18.4 Å². The highest BCUT2D eigenvalue weighted by Gasteiger charge is 2.10. The Labute approximate surface area is 146 Å². The maximum absolute atomic E-state index is 12.0. The summed E-state index contributed by atoms with van der Waals surface area (Å²) in [6.07, 6.45) is 0.310. The summed E-state index contributed by atoms with van der Waals surface area (Å²) in [6.45, 7) is 0.665. The third-order valence-corrected chi connectivity index (χ3v) is 3.67. The van der Waals surface area contributed by atoms with E-state index in [0.29, 0.717) is 23.7 Å². The van der Waals surface area contributed by atoms with Crippen LogP contribution in [-0.4, -0.2) is 36.9 Å². The number of likely N-dealkylation sites (N-methyl/N-ethyl adjacent to an activating group) is 1. The van der Waals surface area contributed by atoms with Crippen LogP contribution in [0.5, 0.6) is 0 Å². The number of rotatable bonds is 7. The first-order chi connectivity index (χ1) is 11.5. The van der Waals surface area contributed by atoms with Gasteiger partial charge >= 0.3 is 0 Å². The molecule has 5 nitrogen and oxygen atoms in total. The molecule has 0 spiro atoms. The highest BCUT2D eigenvalue weighted by Crippen LogP contribution is 2.20. The third-order valence-electron chi connectivity index (χ3n) is 3.34. The van der Waals surface area contributed by atoms with Crippen LogP contribution in [0.4, 0.5) is 11.4 Å². The number of halogens is 1. The van der Waals surface area contributed by atoms with Gasteiger partial charge in [-0.1, -0.05) is 41.9 Å². The topological polar surface area (TPSA) is 61.4 Å². The van der Waals surface area contributed by atoms with Crippen molar-refractivity contribution in [2.75, 3.05) is 30.8 Å². The lowest BCUT2D eigenvalue weighted by atomic mass is 10.3. The van der Waals surface area contributed by atoms with Crippen LogP contribution in [0, 0.1) is 0 Å². The fraction of sp³-hybridized carbons (Fsp3) is 0.222. The quantitative estimate of drug-likeness (QED) is 0.809. The summed E-state index contributed by atoms with van der Waals surface area (Å²) in [4.78, 5) is 25.7. The first-order valence-corrected chi connectivity index (χ1v) is 8.00. The highest BCUT2D eigenvalue weighted by molar-refractivity contribution is 6.33. The Balaban J connectivity index is 1.72. The van der Waals surface area contributed by atoms with Crippen molar-refractivity contribution in [2.24, 2.45) is 0 Å². The number of amides is 2. The fourth-order valence-corrected chi connectivity index (χ4v) is 2.30. The summed E-state index contributed by atoms with van der Waals surface area (Å²) in [6, 6.07) is 16.3. The maximum atomic E-state index is 12.0. The fourth-order valence-electron chi connectivity index (χ4n) is 2.11. The van der Waals surface area contributed by atoms with Crippen molar-refractivity contribution in [1.82, 2.24) is 4.90 Å². The van der Waals surface area contributed by atoms with Gasteiger partial charge in [0, 0.05) is 18.7 Å². The Morgan fingerprint density at radius 1 is 0.958 bits per heavy atom. The Bertz CT molecular complexity index is 692. The van der Waals surface area contributed by atoms with Crippen molar-refractivity contribution in [1.29, 1.82) is 0 Å². The van der Waals surface area contributed by atoms with Crippen molar-refractivity contribution in [2.45, 2.75) is 6.42 Å². The van der Waals surface area contributed by atoms with Gasteiger partial charge < -0.3 is 10.6 Å². The van der Waals surface area contributed by atoms with Gasteiger partial charge in [-0.05, 0) is 31.3 Å². The first kappa shape index (κ1) is 18.0. The molecule has 2 aromatic rings. The Morgan fingerprint density at radius 2 is 1.62 bits per heavy atom. The van der Waals surface area contributed by atoms with Crippen molar-refractivity contribution >= 4 is 34.8 Å². The summed E-state index contributed by atoms with van der Waals surface area (Å²) in [5, 5.41) is 6.07. The number of carbonyl (C=O) groups excluding carboxylic acids is 2. The molecule has 0 saturated heterocycles. The molecule has 2 amide bonds. The van der Waals surface area contributed by atoms with E-state index in [9.17, 15) is 9.59 Å². The van der Waals surface area contributed by atoms with Gasteiger partial charge in [0.1, 0.15) is 0 Å². The number of hydrogen-bond acceptors (Lipinski definition) is 3. The minimum Gasteiger partial charge on any atom is -0.326 e. The average Bonchev–Trinajstić information content (AvgIpc) is 2.56. The van der Waals surface area contributed by atoms with Crippen LogP contribution in [0.25, 0.3) is 0 Å². The van der Waals surface area contributed by atoms with E-state index in [1.54, 1.807) is 36.2 Å². The normalized spacial score (nSPS) is 10.5. The SMILES string of the molecule is CN(CCC(=O)Nc1ccccc1)CC(=O)Nc1ccccc1Cl. The summed E-state index contributed by atoms with van der Waals surface area (Å²) >= 11 is 6.00. The van der Waals surface area contributed by atoms with Crippen molar-refractivity contribution in [3.8, 4) is 0 Å². The number of para-hydroxylation sites is 2. The minimum absolute atomic E-state index is 0.0837. The van der Waals surface area contributed by atoms with E-state index in [0.717, 1.165) is 5.69 Å². The Hall–Kier alpha value is -2.37. The van der Waals surface area contributed by atoms with Crippen molar-refractivity contribution in [3.05, 3.63) is 59.6 Å². The second kappa shape index (κ2) is 9.05. The van der Waals surface area contributed by atoms with E-state index < -0.39 is 0 Å². The molecular weight excluding hydrogens is 326 g/mol. The molecule has 126 valence electrons. The molecule has 0 aliphatic carbocycles. The highest BCUT2D eigenvalue weighted by atomic mass is 35.5. The van der Waals surface area contributed by atoms with Gasteiger partial charge in [-0.25, -0.2) is 0 Å². The monoisotopic (exact) mass is 345 g/mol. The molecule has 0 heterocycles. The third kappa shape index (κ3) is 6.02. The van der Waals surface area contributed by atoms with E-state index in [4.69, 9.17) is 11.6 Å². The van der Waals surface area contributed by atoms with Crippen LogP contribution in [0.2, 0.25) is 5.02 Å². The Morgan fingerprint density at radius 3 is 2.33 bits per heavy atom. The van der Waals surface area contributed by atoms with Gasteiger partial charge in [-0.2, -0.15) is 0 Å². The molecule has 0 radical (unpaired) electrons. The predicted octanol–water partition coefficient (Wildman–Crippen LogP) is 3.24. The van der Waals surface area contributed by atoms with Gasteiger partial charge in [-0.15, -0.1) is 0 Å². The number of hydrogen-bond donors (Lipinski definition) is 2. The zero-order chi connectivity index (χ0) is 17.4. The zero-order valence-electron chi connectivity index (χ0n) is 13.5. The molecule has 0 unspecified atom stereocenters. The summed E-state index contributed by atoms with van der Waals surface area (Å²) < 4.78 is 0. The van der Waals surface area contributed by atoms with E-state index in [1.807, 2.05) is 30.3 Å². The molecule has 2 rings (SSSR count). The summed E-state index contributed by atoms with van der Waals surface area (Å²) in [7, 11) is 1.79. The number of carbonyl (C=O) groups is 2. The number of nitrogens with zero attached hydrogens (tertiary/aromatic N) is 1. The average molecular weight is 346 g/mol. The van der Waals surface area contributed by atoms with Crippen LogP contribution in [0.15, 0.2) is 54.6 Å². The lowest BCUT2D eigenvalue weighted by molar-refractivity contribution is -0.119. The van der Waals surface area contributed by atoms with Gasteiger partial charge in [-0.3, -0.25) is 14.5 Å². The largest absolute Gasteiger partial charge is 0.326 e. The van der Waals surface area contributed by atoms with Crippen LogP contribution < -0.4 is 10.6 Å². The van der Waals surface area contributed by atoms with E-state index >= 15 is 0 Å². The molecule has 2 N–H and O–H groups in total. The molecule has 24 heavy (non-hydrogen) atoms. The molecule has 2 aromatic carbocycles. The number of nitrogens with one attached hydrogen (secondary N) is 2. The van der Waals surface area contributed by atoms with Crippen LogP contribution in [-0.2, 0) is 9.59 Å². The number of anilines is 2. The summed E-state index contributed by atoms with van der Waals surface area (Å²) in [5.41, 5.74) is 1.35. The smallest absolute Gasteiger partial charge is 0.238 e. The standard InChI is InChI=1S/C18H20ClN3O2/c1-22(12-11-17(23)20-14-7-3-2-4-8-14)13-18(24)21-16-10-6-5-9-15(16)19/h2-10H,11-13H2,1H3,(H,20,23)(H,21,24). The molecule has 0 atom stereocenters. The van der Waals surface area contributed by atoms with Gasteiger partial charge in [0.2, 0.25) is 11.8 Å². The van der Waals surface area contributed by atoms with Gasteiger partial charge in [0.15, 0.2) is 0 Å². The minimum atomic E-state index is -0.172. The molecular formula is C18H20ClN3O2. The van der Waals surface area contributed by atoms with E-state index in [1.165, 1.54) is 0 Å². The Kier molecular flexibility index (Phi) is 6.78. The second-order valence-corrected chi connectivity index (χ2v) is 5.84. The van der Waals surface area contributed by atoms with Gasteiger partial charge in [0.05, 0.1) is 17.3 Å². The molecule has 0 fully saturated rings. The van der Waals surface area contributed by atoms with Crippen LogP contribution >= 0.6 is 11.6 Å². The van der Waals surface area contributed by atoms with Crippen molar-refractivity contribution < 1.29 is 9.59 Å². The maximum Gasteiger partial charge on any atom is 0.238 e. The first-order valence-electron chi connectivity index (χ1n) is 7.62. The van der Waals surface area contributed by atoms with Crippen LogP contribution in [0.1, 0.15) is 6.42 Å². The predicted molar refractivity (Wildman–Crippen MR) is 97.3 cm³/mol. The molecule has 0 aromatic heterocycles. The van der Waals surface area contributed by atoms with Crippen LogP contribution in [0.3, 0.4) is 0 Å². The van der Waals surface area contributed by atoms with E-state index in [2.05, 4.69) is 10.6 Å². The second-order valence-electron chi connectivity index (χ2n) is 5.43. The van der Waals surface area contributed by atoms with Crippen molar-refractivity contribution in [3.63, 3.8) is 0 Å². The summed E-state index contributed by atoms with van der Waals surface area (Å²) in [5.74, 6) is -0.256. The number of benzene rings is 2. The molecule has 6 heteroatoms. The molecule has 0 aliphatic rings. The molecule has 0 bridgehead atoms. The van der Waals surface area contributed by atoms with Gasteiger partial charge in [0.25, 0.3) is 0 Å². The molecule has 0 saturated carbocycles. The lowest BCUT2D eigenvalue weighted by Crippen LogP contribution is -2.32. The lowest BCUT2D eigenvalue weighted by Gasteiger charge is -2.16.